The molecule has 124 valence electrons. The lowest BCUT2D eigenvalue weighted by Gasteiger charge is -2.65. The van der Waals surface area contributed by atoms with Crippen LogP contribution in [-0.2, 0) is 9.53 Å². The molecule has 3 unspecified atom stereocenters. The number of nitrogens with zero attached hydrogens (tertiary/aromatic N) is 1. The molecule has 0 radical (unpaired) electrons. The predicted molar refractivity (Wildman–Crippen MR) is 87.5 cm³/mol. The highest BCUT2D eigenvalue weighted by atomic mass is 35.5. The molecular formula is C16H31ClN2O2. The monoisotopic (exact) mass is 318 g/mol. The first-order valence-electron chi connectivity index (χ1n) is 7.96. The quantitative estimate of drug-likeness (QED) is 0.866. The number of nitrogens with two attached hydrogens (primary N) is 1. The molecule has 1 saturated carbocycles. The van der Waals surface area contributed by atoms with Crippen LogP contribution in [0.5, 0.6) is 0 Å². The van der Waals surface area contributed by atoms with Gasteiger partial charge in [0.2, 0.25) is 5.91 Å². The van der Waals surface area contributed by atoms with Gasteiger partial charge in [-0.1, -0.05) is 27.7 Å². The van der Waals surface area contributed by atoms with Gasteiger partial charge >= 0.3 is 0 Å². The summed E-state index contributed by atoms with van der Waals surface area (Å²) in [4.78, 5) is 15.0. The lowest BCUT2D eigenvalue weighted by atomic mass is 9.46. The van der Waals surface area contributed by atoms with E-state index in [1.807, 2.05) is 11.8 Å². The van der Waals surface area contributed by atoms with Crippen LogP contribution in [0.15, 0.2) is 0 Å². The van der Waals surface area contributed by atoms with Crippen LogP contribution in [0.3, 0.4) is 0 Å². The van der Waals surface area contributed by atoms with E-state index in [1.165, 1.54) is 0 Å². The zero-order valence-corrected chi connectivity index (χ0v) is 14.8. The van der Waals surface area contributed by atoms with Crippen molar-refractivity contribution in [2.24, 2.45) is 23.0 Å². The Balaban J connectivity index is 0.00000220. The van der Waals surface area contributed by atoms with Crippen LogP contribution in [-0.4, -0.2) is 42.1 Å². The number of carbonyl (C=O) groups is 1. The number of rotatable bonds is 4. The fourth-order valence-electron chi connectivity index (χ4n) is 4.07. The van der Waals surface area contributed by atoms with Gasteiger partial charge in [-0.3, -0.25) is 4.79 Å². The van der Waals surface area contributed by atoms with Gasteiger partial charge in [-0.05, 0) is 25.7 Å². The van der Waals surface area contributed by atoms with Crippen molar-refractivity contribution in [2.45, 2.75) is 59.1 Å². The number of hydrogen-bond acceptors (Lipinski definition) is 3. The molecule has 21 heavy (non-hydrogen) atoms. The van der Waals surface area contributed by atoms with Crippen LogP contribution >= 0.6 is 12.4 Å². The maximum absolute atomic E-state index is 13.0. The first-order chi connectivity index (χ1) is 9.26. The maximum atomic E-state index is 13.0. The van der Waals surface area contributed by atoms with Gasteiger partial charge in [0.25, 0.3) is 0 Å². The summed E-state index contributed by atoms with van der Waals surface area (Å²) in [6.45, 7) is 12.8. The third-order valence-corrected chi connectivity index (χ3v) is 5.29. The molecule has 2 aliphatic rings. The maximum Gasteiger partial charge on any atom is 0.243 e. The molecule has 1 saturated heterocycles. The SMILES string of the molecule is CCN(CC(C)C)C(=O)C1(N)C2CCCOC2C1(C)C.Cl. The van der Waals surface area contributed by atoms with Gasteiger partial charge in [0.05, 0.1) is 6.10 Å². The molecule has 1 heterocycles. The normalized spacial score (nSPS) is 33.7. The fraction of sp³-hybridized carbons (Fsp3) is 0.938. The van der Waals surface area contributed by atoms with Crippen LogP contribution < -0.4 is 5.73 Å². The van der Waals surface area contributed by atoms with Crippen molar-refractivity contribution < 1.29 is 9.53 Å². The number of halogens is 1. The molecule has 1 amide bonds. The van der Waals surface area contributed by atoms with Crippen LogP contribution in [0.2, 0.25) is 0 Å². The van der Waals surface area contributed by atoms with E-state index in [4.69, 9.17) is 10.5 Å². The van der Waals surface area contributed by atoms with Crippen LogP contribution in [0.1, 0.15) is 47.5 Å². The summed E-state index contributed by atoms with van der Waals surface area (Å²) in [5, 5.41) is 0. The van der Waals surface area contributed by atoms with Crippen molar-refractivity contribution in [3.8, 4) is 0 Å². The second-order valence-electron chi connectivity index (χ2n) is 7.37. The Bertz CT molecular complexity index is 386. The highest BCUT2D eigenvalue weighted by Gasteiger charge is 2.70. The van der Waals surface area contributed by atoms with Gasteiger partial charge in [-0.2, -0.15) is 0 Å². The number of amides is 1. The number of ether oxygens (including phenoxy) is 1. The lowest BCUT2D eigenvalue weighted by molar-refractivity contribution is -0.230. The van der Waals surface area contributed by atoms with Gasteiger partial charge in [0, 0.05) is 31.0 Å². The van der Waals surface area contributed by atoms with Gasteiger partial charge in [-0.15, -0.1) is 12.4 Å². The van der Waals surface area contributed by atoms with Crippen molar-refractivity contribution in [3.05, 3.63) is 0 Å². The first kappa shape index (κ1) is 18.7. The van der Waals surface area contributed by atoms with Crippen LogP contribution in [0, 0.1) is 17.3 Å². The van der Waals surface area contributed by atoms with E-state index in [0.29, 0.717) is 5.92 Å². The molecule has 0 bridgehead atoms. The zero-order valence-electron chi connectivity index (χ0n) is 14.0. The van der Waals surface area contributed by atoms with Crippen molar-refractivity contribution >= 4 is 18.3 Å². The molecule has 0 aromatic heterocycles. The van der Waals surface area contributed by atoms with Crippen LogP contribution in [0.4, 0.5) is 0 Å². The second-order valence-corrected chi connectivity index (χ2v) is 7.37. The molecule has 0 aromatic carbocycles. The Labute approximate surface area is 135 Å². The smallest absolute Gasteiger partial charge is 0.243 e. The molecule has 4 nitrogen and oxygen atoms in total. The second kappa shape index (κ2) is 6.43. The summed E-state index contributed by atoms with van der Waals surface area (Å²) >= 11 is 0. The van der Waals surface area contributed by atoms with E-state index in [0.717, 1.165) is 32.5 Å². The van der Waals surface area contributed by atoms with E-state index in [1.54, 1.807) is 0 Å². The number of likely N-dealkylation sites (N-methyl/N-ethyl adjacent to an activating group) is 1. The van der Waals surface area contributed by atoms with Crippen molar-refractivity contribution in [3.63, 3.8) is 0 Å². The van der Waals surface area contributed by atoms with E-state index >= 15 is 0 Å². The minimum Gasteiger partial charge on any atom is -0.377 e. The number of fused-ring (bicyclic) bond motifs is 1. The molecule has 3 atom stereocenters. The van der Waals surface area contributed by atoms with E-state index in [2.05, 4.69) is 27.7 Å². The molecule has 0 spiro atoms. The molecule has 2 rings (SSSR count). The summed E-state index contributed by atoms with van der Waals surface area (Å²) in [5.41, 5.74) is 5.62. The largest absolute Gasteiger partial charge is 0.377 e. The Morgan fingerprint density at radius 2 is 2.05 bits per heavy atom. The minimum atomic E-state index is -0.761. The molecule has 5 heteroatoms. The standard InChI is InChI=1S/C16H30N2O2.ClH/c1-6-18(10-11(2)3)14(19)16(17)12-8-7-9-20-13(12)15(16,4)5;/h11-13H,6-10,17H2,1-5H3;1H. The molecule has 2 fully saturated rings. The van der Waals surface area contributed by atoms with Gasteiger partial charge in [-0.25, -0.2) is 0 Å². The van der Waals surface area contributed by atoms with E-state index in [9.17, 15) is 4.79 Å². The number of hydrogen-bond donors (Lipinski definition) is 1. The lowest BCUT2D eigenvalue weighted by Crippen LogP contribution is -2.82. The average Bonchev–Trinajstić information content (AvgIpc) is 2.42. The average molecular weight is 319 g/mol. The zero-order chi connectivity index (χ0) is 15.1. The highest BCUT2D eigenvalue weighted by Crippen LogP contribution is 2.57. The Kier molecular flexibility index (Phi) is 5.73. The molecule has 0 aromatic rings. The summed E-state index contributed by atoms with van der Waals surface area (Å²) < 4.78 is 5.88. The first-order valence-corrected chi connectivity index (χ1v) is 7.96. The third-order valence-electron chi connectivity index (χ3n) is 5.29. The van der Waals surface area contributed by atoms with Crippen molar-refractivity contribution in [1.29, 1.82) is 0 Å². The Morgan fingerprint density at radius 1 is 1.43 bits per heavy atom. The van der Waals surface area contributed by atoms with Gasteiger partial charge in [0.1, 0.15) is 5.54 Å². The van der Waals surface area contributed by atoms with Gasteiger partial charge < -0.3 is 15.4 Å². The predicted octanol–water partition coefficient (Wildman–Crippen LogP) is 2.45. The Morgan fingerprint density at radius 3 is 2.57 bits per heavy atom. The molecule has 1 aliphatic carbocycles. The van der Waals surface area contributed by atoms with Crippen molar-refractivity contribution in [1.82, 2.24) is 4.90 Å². The molecular weight excluding hydrogens is 288 g/mol. The van der Waals surface area contributed by atoms with Gasteiger partial charge in [0.15, 0.2) is 0 Å². The van der Waals surface area contributed by atoms with Crippen molar-refractivity contribution in [2.75, 3.05) is 19.7 Å². The van der Waals surface area contributed by atoms with Crippen LogP contribution in [0.25, 0.3) is 0 Å². The number of carbonyl (C=O) groups excluding carboxylic acids is 1. The summed E-state index contributed by atoms with van der Waals surface area (Å²) in [7, 11) is 0. The summed E-state index contributed by atoms with van der Waals surface area (Å²) in [6, 6.07) is 0. The summed E-state index contributed by atoms with van der Waals surface area (Å²) in [6.07, 6.45) is 2.16. The molecule has 2 N–H and O–H groups in total. The summed E-state index contributed by atoms with van der Waals surface area (Å²) in [5.74, 6) is 0.759. The van der Waals surface area contributed by atoms with E-state index < -0.39 is 5.54 Å². The highest BCUT2D eigenvalue weighted by molar-refractivity contribution is 5.89. The molecule has 1 aliphatic heterocycles. The topological polar surface area (TPSA) is 55.6 Å². The Hall–Kier alpha value is -0.320. The third kappa shape index (κ3) is 2.71. The fourth-order valence-corrected chi connectivity index (χ4v) is 4.07. The minimum absolute atomic E-state index is 0. The van der Waals surface area contributed by atoms with E-state index in [-0.39, 0.29) is 35.8 Å².